The van der Waals surface area contributed by atoms with Crippen LogP contribution in [0.4, 0.5) is 11.6 Å². The largest absolute Gasteiger partial charge is 0.495 e. The van der Waals surface area contributed by atoms with E-state index < -0.39 is 0 Å². The van der Waals surface area contributed by atoms with E-state index in [0.717, 1.165) is 6.42 Å². The highest BCUT2D eigenvalue weighted by molar-refractivity contribution is 6.31. The number of carbonyl (C=O) groups is 1. The van der Waals surface area contributed by atoms with E-state index in [2.05, 4.69) is 27.4 Å². The van der Waals surface area contributed by atoms with E-state index in [1.54, 1.807) is 37.6 Å². The van der Waals surface area contributed by atoms with E-state index in [9.17, 15) is 4.79 Å². The summed E-state index contributed by atoms with van der Waals surface area (Å²) in [7, 11) is 1.57. The Kier molecular flexibility index (Phi) is 5.12. The molecule has 0 aliphatic carbocycles. The van der Waals surface area contributed by atoms with Gasteiger partial charge in [0.15, 0.2) is 0 Å². The summed E-state index contributed by atoms with van der Waals surface area (Å²) in [6.07, 6.45) is 2.41. The van der Waals surface area contributed by atoms with Gasteiger partial charge in [0, 0.05) is 24.3 Å². The minimum Gasteiger partial charge on any atom is -0.495 e. The molecule has 1 aromatic heterocycles. The van der Waals surface area contributed by atoms with Gasteiger partial charge in [-0.1, -0.05) is 35.9 Å². The summed E-state index contributed by atoms with van der Waals surface area (Å²) in [5.41, 5.74) is 3.45. The number of amides is 1. The molecule has 0 atom stereocenters. The van der Waals surface area contributed by atoms with Gasteiger partial charge in [0.2, 0.25) is 5.95 Å². The molecule has 0 fully saturated rings. The number of hydrogen-bond acceptors (Lipinski definition) is 5. The molecule has 1 aliphatic heterocycles. The molecule has 0 saturated heterocycles. The molecule has 6 nitrogen and oxygen atoms in total. The highest BCUT2D eigenvalue weighted by Crippen LogP contribution is 2.29. The average Bonchev–Trinajstić information content (AvgIpc) is 2.73. The molecule has 1 N–H and O–H groups in total. The van der Waals surface area contributed by atoms with Gasteiger partial charge in [-0.3, -0.25) is 4.79 Å². The molecule has 3 aromatic rings. The molecule has 0 spiro atoms. The number of nitrogens with one attached hydrogen (secondary N) is 1. The summed E-state index contributed by atoms with van der Waals surface area (Å²) in [6, 6.07) is 15.0. The van der Waals surface area contributed by atoms with Crippen molar-refractivity contribution in [2.45, 2.75) is 13.0 Å². The molecule has 4 rings (SSSR count). The van der Waals surface area contributed by atoms with Crippen molar-refractivity contribution in [1.82, 2.24) is 14.9 Å². The molecule has 0 radical (unpaired) electrons. The number of aromatic nitrogens is 2. The van der Waals surface area contributed by atoms with Crippen LogP contribution in [0.3, 0.4) is 0 Å². The smallest absolute Gasteiger partial charge is 0.272 e. The van der Waals surface area contributed by atoms with Gasteiger partial charge in [-0.05, 0) is 41.8 Å². The number of fused-ring (bicyclic) bond motifs is 1. The van der Waals surface area contributed by atoms with Crippen molar-refractivity contribution in [2.75, 3.05) is 19.0 Å². The molecule has 2 heterocycles. The summed E-state index contributed by atoms with van der Waals surface area (Å²) in [4.78, 5) is 23.4. The number of anilines is 2. The van der Waals surface area contributed by atoms with E-state index in [1.165, 1.54) is 11.1 Å². The summed E-state index contributed by atoms with van der Waals surface area (Å²) in [6.45, 7) is 1.26. The lowest BCUT2D eigenvalue weighted by atomic mass is 10.00. The second-order valence-electron chi connectivity index (χ2n) is 6.48. The zero-order valence-electron chi connectivity index (χ0n) is 15.4. The molecule has 142 valence electrons. The van der Waals surface area contributed by atoms with Gasteiger partial charge in [0.25, 0.3) is 5.91 Å². The first-order chi connectivity index (χ1) is 13.6. The van der Waals surface area contributed by atoms with Gasteiger partial charge < -0.3 is 15.0 Å². The second kappa shape index (κ2) is 7.86. The monoisotopic (exact) mass is 394 g/mol. The Balaban J connectivity index is 1.54. The fourth-order valence-electron chi connectivity index (χ4n) is 3.27. The van der Waals surface area contributed by atoms with Crippen LogP contribution in [0, 0.1) is 0 Å². The SMILES string of the molecule is COc1ccc(Cl)cc1Nc1nccc(C(=O)N2CCc3ccccc3C2)n1. The van der Waals surface area contributed by atoms with Gasteiger partial charge >= 0.3 is 0 Å². The zero-order chi connectivity index (χ0) is 19.5. The van der Waals surface area contributed by atoms with Gasteiger partial charge in [-0.2, -0.15) is 0 Å². The van der Waals surface area contributed by atoms with E-state index in [0.29, 0.717) is 41.2 Å². The fraction of sp³-hybridized carbons (Fsp3) is 0.190. The van der Waals surface area contributed by atoms with Crippen LogP contribution < -0.4 is 10.1 Å². The van der Waals surface area contributed by atoms with Crippen LogP contribution >= 0.6 is 11.6 Å². The number of nitrogens with zero attached hydrogens (tertiary/aromatic N) is 3. The van der Waals surface area contributed by atoms with Gasteiger partial charge in [0.1, 0.15) is 11.4 Å². The first-order valence-corrected chi connectivity index (χ1v) is 9.31. The number of rotatable bonds is 4. The quantitative estimate of drug-likeness (QED) is 0.722. The molecule has 2 aromatic carbocycles. The average molecular weight is 395 g/mol. The van der Waals surface area contributed by atoms with Crippen molar-refractivity contribution in [3.63, 3.8) is 0 Å². The number of carbonyl (C=O) groups excluding carboxylic acids is 1. The topological polar surface area (TPSA) is 67.3 Å². The number of hydrogen-bond donors (Lipinski definition) is 1. The molecule has 0 bridgehead atoms. The summed E-state index contributed by atoms with van der Waals surface area (Å²) >= 11 is 6.07. The van der Waals surface area contributed by atoms with Crippen molar-refractivity contribution >= 4 is 29.1 Å². The zero-order valence-corrected chi connectivity index (χ0v) is 16.1. The van der Waals surface area contributed by atoms with Crippen molar-refractivity contribution in [2.24, 2.45) is 0 Å². The van der Waals surface area contributed by atoms with Gasteiger partial charge in [-0.15, -0.1) is 0 Å². The Morgan fingerprint density at radius 1 is 1.18 bits per heavy atom. The van der Waals surface area contributed by atoms with E-state index in [-0.39, 0.29) is 5.91 Å². The van der Waals surface area contributed by atoms with Crippen LogP contribution in [0.25, 0.3) is 0 Å². The summed E-state index contributed by atoms with van der Waals surface area (Å²) < 4.78 is 5.33. The lowest BCUT2D eigenvalue weighted by Gasteiger charge is -2.28. The lowest BCUT2D eigenvalue weighted by molar-refractivity contribution is 0.0728. The molecule has 1 amide bonds. The molecule has 0 saturated carbocycles. The van der Waals surface area contributed by atoms with Crippen molar-refractivity contribution in [3.05, 3.63) is 76.6 Å². The van der Waals surface area contributed by atoms with E-state index >= 15 is 0 Å². The molecule has 7 heteroatoms. The number of halogens is 1. The van der Waals surface area contributed by atoms with Gasteiger partial charge in [-0.25, -0.2) is 9.97 Å². The maximum atomic E-state index is 13.0. The summed E-state index contributed by atoms with van der Waals surface area (Å²) in [5.74, 6) is 0.805. The van der Waals surface area contributed by atoms with Crippen LogP contribution in [0.1, 0.15) is 21.6 Å². The first-order valence-electron chi connectivity index (χ1n) is 8.94. The van der Waals surface area contributed by atoms with Crippen LogP contribution in [0.15, 0.2) is 54.7 Å². The molecular weight excluding hydrogens is 376 g/mol. The third kappa shape index (κ3) is 3.77. The third-order valence-corrected chi connectivity index (χ3v) is 4.94. The highest BCUT2D eigenvalue weighted by Gasteiger charge is 2.22. The lowest BCUT2D eigenvalue weighted by Crippen LogP contribution is -2.36. The number of ether oxygens (including phenoxy) is 1. The Morgan fingerprint density at radius 2 is 2.00 bits per heavy atom. The predicted octanol–water partition coefficient (Wildman–Crippen LogP) is 4.08. The normalized spacial score (nSPS) is 13.0. The number of methoxy groups -OCH3 is 1. The summed E-state index contributed by atoms with van der Waals surface area (Å²) in [5, 5.41) is 3.63. The van der Waals surface area contributed by atoms with E-state index in [1.807, 2.05) is 17.0 Å². The molecule has 0 unspecified atom stereocenters. The van der Waals surface area contributed by atoms with Gasteiger partial charge in [0.05, 0.1) is 12.8 Å². The van der Waals surface area contributed by atoms with Crippen molar-refractivity contribution in [3.8, 4) is 5.75 Å². The minimum atomic E-state index is -0.113. The van der Waals surface area contributed by atoms with Crippen LogP contribution in [-0.2, 0) is 13.0 Å². The second-order valence-corrected chi connectivity index (χ2v) is 6.92. The van der Waals surface area contributed by atoms with Crippen LogP contribution in [0.5, 0.6) is 5.75 Å². The predicted molar refractivity (Wildman–Crippen MR) is 108 cm³/mol. The Morgan fingerprint density at radius 3 is 2.82 bits per heavy atom. The van der Waals surface area contributed by atoms with Crippen LogP contribution in [0.2, 0.25) is 5.02 Å². The van der Waals surface area contributed by atoms with Crippen molar-refractivity contribution < 1.29 is 9.53 Å². The third-order valence-electron chi connectivity index (χ3n) is 4.70. The Bertz CT molecular complexity index is 1020. The minimum absolute atomic E-state index is 0.113. The van der Waals surface area contributed by atoms with Crippen LogP contribution in [-0.4, -0.2) is 34.4 Å². The molecule has 1 aliphatic rings. The standard InChI is InChI=1S/C21H19ClN4O2/c1-28-19-7-6-16(22)12-18(19)25-21-23-10-8-17(24-21)20(27)26-11-9-14-4-2-3-5-15(14)13-26/h2-8,10,12H,9,11,13H2,1H3,(H,23,24,25). The van der Waals surface area contributed by atoms with E-state index in [4.69, 9.17) is 16.3 Å². The molecular formula is C21H19ClN4O2. The Labute approximate surface area is 168 Å². The maximum Gasteiger partial charge on any atom is 0.272 e. The Hall–Kier alpha value is -3.12. The maximum absolute atomic E-state index is 13.0. The highest BCUT2D eigenvalue weighted by atomic mass is 35.5. The fourth-order valence-corrected chi connectivity index (χ4v) is 3.44. The number of benzene rings is 2. The first kappa shape index (κ1) is 18.3. The van der Waals surface area contributed by atoms with Crippen molar-refractivity contribution in [1.29, 1.82) is 0 Å². The molecule has 28 heavy (non-hydrogen) atoms.